The number of carboxylic acid groups (broad SMARTS) is 1. The van der Waals surface area contributed by atoms with Gasteiger partial charge in [0, 0.05) is 22.7 Å². The van der Waals surface area contributed by atoms with Crippen LogP contribution in [0.4, 0.5) is 4.39 Å². The van der Waals surface area contributed by atoms with Crippen molar-refractivity contribution in [2.75, 3.05) is 0 Å². The fourth-order valence-electron chi connectivity index (χ4n) is 2.78. The maximum atomic E-state index is 14.1. The number of hydrogen-bond acceptors (Lipinski definition) is 5. The van der Waals surface area contributed by atoms with Gasteiger partial charge in [0.05, 0.1) is 30.1 Å². The van der Waals surface area contributed by atoms with E-state index in [2.05, 4.69) is 15.1 Å². The Hall–Kier alpha value is -3.61. The summed E-state index contributed by atoms with van der Waals surface area (Å²) < 4.78 is 15.7. The number of nitrogens with zero attached hydrogens (tertiary/aromatic N) is 4. The second kappa shape index (κ2) is 6.36. The third kappa shape index (κ3) is 2.79. The van der Waals surface area contributed by atoms with E-state index in [0.717, 1.165) is 5.69 Å². The lowest BCUT2D eigenvalue weighted by Gasteiger charge is -2.10. The Kier molecular flexibility index (Phi) is 3.89. The molecule has 0 saturated heterocycles. The van der Waals surface area contributed by atoms with E-state index in [1.54, 1.807) is 30.5 Å². The van der Waals surface area contributed by atoms with E-state index in [0.29, 0.717) is 17.6 Å². The maximum Gasteiger partial charge on any atom is 0.159 e. The van der Waals surface area contributed by atoms with E-state index in [9.17, 15) is 14.3 Å². The van der Waals surface area contributed by atoms with Crippen LogP contribution in [0.5, 0.6) is 0 Å². The average molecular weight is 347 g/mol. The van der Waals surface area contributed by atoms with Crippen molar-refractivity contribution in [1.29, 1.82) is 0 Å². The summed E-state index contributed by atoms with van der Waals surface area (Å²) in [6.07, 6.45) is 3.08. The molecule has 1 aromatic carbocycles. The monoisotopic (exact) mass is 347 g/mol. The van der Waals surface area contributed by atoms with Crippen LogP contribution in [0, 0.1) is 5.82 Å². The fraction of sp³-hybridized carbons (Fsp3) is 0.0526. The number of hydrogen-bond donors (Lipinski definition) is 0. The van der Waals surface area contributed by atoms with Gasteiger partial charge in [-0.2, -0.15) is 5.10 Å². The molecule has 0 aliphatic heterocycles. The smallest absolute Gasteiger partial charge is 0.159 e. The quantitative estimate of drug-likeness (QED) is 0.564. The van der Waals surface area contributed by atoms with Crippen molar-refractivity contribution in [3.63, 3.8) is 0 Å². The van der Waals surface area contributed by atoms with Gasteiger partial charge < -0.3 is 9.90 Å². The molecule has 0 unspecified atom stereocenters. The average Bonchev–Trinajstić information content (AvgIpc) is 3.05. The summed E-state index contributed by atoms with van der Waals surface area (Å²) in [5.74, 6) is -1.85. The summed E-state index contributed by atoms with van der Waals surface area (Å²) in [6, 6.07) is 12.8. The molecule has 0 fully saturated rings. The summed E-state index contributed by atoms with van der Waals surface area (Å²) in [6.45, 7) is 0.310. The second-order valence-electron chi connectivity index (χ2n) is 5.68. The molecule has 0 radical (unpaired) electrons. The lowest BCUT2D eigenvalue weighted by atomic mass is 10.1. The first-order valence-corrected chi connectivity index (χ1v) is 7.86. The van der Waals surface area contributed by atoms with Gasteiger partial charge in [-0.15, -0.1) is 0 Å². The molecule has 0 N–H and O–H groups in total. The summed E-state index contributed by atoms with van der Waals surface area (Å²) in [7, 11) is 0. The van der Waals surface area contributed by atoms with Gasteiger partial charge in [0.25, 0.3) is 0 Å². The van der Waals surface area contributed by atoms with Crippen molar-refractivity contribution < 1.29 is 14.3 Å². The number of fused-ring (bicyclic) bond motifs is 1. The minimum absolute atomic E-state index is 0.0828. The van der Waals surface area contributed by atoms with Crippen LogP contribution in [0.25, 0.3) is 22.3 Å². The Morgan fingerprint density at radius 3 is 2.69 bits per heavy atom. The van der Waals surface area contributed by atoms with Crippen molar-refractivity contribution in [3.8, 4) is 11.3 Å². The van der Waals surface area contributed by atoms with Crippen LogP contribution in [0.1, 0.15) is 16.1 Å². The molecular weight excluding hydrogens is 335 g/mol. The minimum atomic E-state index is -1.37. The number of carboxylic acids is 1. The summed E-state index contributed by atoms with van der Waals surface area (Å²) in [5, 5.41) is 16.1. The lowest BCUT2D eigenvalue weighted by molar-refractivity contribution is -0.254. The molecule has 128 valence electrons. The Morgan fingerprint density at radius 1 is 1.15 bits per heavy atom. The summed E-state index contributed by atoms with van der Waals surface area (Å²) in [4.78, 5) is 20.3. The summed E-state index contributed by atoms with van der Waals surface area (Å²) in [5.41, 5.74) is 1.40. The Balaban J connectivity index is 1.91. The van der Waals surface area contributed by atoms with Gasteiger partial charge in [-0.25, -0.2) is 14.1 Å². The van der Waals surface area contributed by atoms with Gasteiger partial charge in [-0.3, -0.25) is 4.98 Å². The molecule has 0 aliphatic carbocycles. The molecule has 3 aromatic heterocycles. The minimum Gasteiger partial charge on any atom is -0.545 e. The molecule has 0 saturated carbocycles. The molecule has 4 aromatic rings. The molecule has 0 aliphatic rings. The fourth-order valence-corrected chi connectivity index (χ4v) is 2.78. The van der Waals surface area contributed by atoms with Gasteiger partial charge in [-0.1, -0.05) is 18.2 Å². The van der Waals surface area contributed by atoms with Gasteiger partial charge >= 0.3 is 0 Å². The normalized spacial score (nSPS) is 11.0. The van der Waals surface area contributed by atoms with Crippen LogP contribution in [-0.2, 0) is 6.54 Å². The zero-order valence-corrected chi connectivity index (χ0v) is 13.5. The van der Waals surface area contributed by atoms with E-state index in [1.807, 2.05) is 12.1 Å². The van der Waals surface area contributed by atoms with Crippen LogP contribution >= 0.6 is 0 Å². The predicted molar refractivity (Wildman–Crippen MR) is 90.6 cm³/mol. The molecule has 26 heavy (non-hydrogen) atoms. The highest BCUT2D eigenvalue weighted by Crippen LogP contribution is 2.26. The number of aromatic nitrogens is 4. The lowest BCUT2D eigenvalue weighted by Crippen LogP contribution is -2.22. The molecule has 0 spiro atoms. The molecular formula is C19H12FN4O2-. The molecule has 7 heteroatoms. The SMILES string of the molecule is O=C([O-])c1cc(-c2ccccc2F)nc2c1cnn2Cc1ccccn1. The van der Waals surface area contributed by atoms with Gasteiger partial charge in [0.1, 0.15) is 5.82 Å². The Labute approximate surface area is 147 Å². The zero-order valence-electron chi connectivity index (χ0n) is 13.5. The number of aromatic carboxylic acids is 1. The largest absolute Gasteiger partial charge is 0.545 e. The first-order chi connectivity index (χ1) is 12.6. The zero-order chi connectivity index (χ0) is 18.1. The number of pyridine rings is 2. The van der Waals surface area contributed by atoms with Crippen LogP contribution < -0.4 is 5.11 Å². The van der Waals surface area contributed by atoms with Gasteiger partial charge in [0.15, 0.2) is 5.65 Å². The van der Waals surface area contributed by atoms with Crippen LogP contribution in [0.3, 0.4) is 0 Å². The van der Waals surface area contributed by atoms with Crippen LogP contribution in [-0.4, -0.2) is 25.7 Å². The molecule has 0 amide bonds. The van der Waals surface area contributed by atoms with Crippen molar-refractivity contribution >= 4 is 17.0 Å². The third-order valence-electron chi connectivity index (χ3n) is 4.02. The highest BCUT2D eigenvalue weighted by Gasteiger charge is 2.15. The number of rotatable bonds is 4. The van der Waals surface area contributed by atoms with E-state index in [-0.39, 0.29) is 16.8 Å². The van der Waals surface area contributed by atoms with E-state index in [1.165, 1.54) is 23.0 Å². The van der Waals surface area contributed by atoms with Crippen molar-refractivity contribution in [2.45, 2.75) is 6.54 Å². The second-order valence-corrected chi connectivity index (χ2v) is 5.68. The number of halogens is 1. The van der Waals surface area contributed by atoms with Crippen LogP contribution in [0.2, 0.25) is 0 Å². The highest BCUT2D eigenvalue weighted by molar-refractivity contribution is 6.01. The maximum absolute atomic E-state index is 14.1. The predicted octanol–water partition coefficient (Wildman–Crippen LogP) is 2.04. The number of carbonyl (C=O) groups excluding carboxylic acids is 1. The molecule has 4 rings (SSSR count). The highest BCUT2D eigenvalue weighted by atomic mass is 19.1. The topological polar surface area (TPSA) is 83.7 Å². The van der Waals surface area contributed by atoms with Gasteiger partial charge in [0.2, 0.25) is 0 Å². The molecule has 0 atom stereocenters. The standard InChI is InChI=1S/C19H13FN4O2/c20-16-7-2-1-6-13(16)17-9-14(19(25)26)15-10-22-24(18(15)23-17)11-12-5-3-4-8-21-12/h1-10H,11H2,(H,25,26)/p-1. The number of carbonyl (C=O) groups is 1. The van der Waals surface area contributed by atoms with Crippen molar-refractivity contribution in [3.05, 3.63) is 78.0 Å². The van der Waals surface area contributed by atoms with E-state index in [4.69, 9.17) is 0 Å². The Morgan fingerprint density at radius 2 is 1.96 bits per heavy atom. The van der Waals surface area contributed by atoms with E-state index >= 15 is 0 Å². The van der Waals surface area contributed by atoms with Crippen LogP contribution in [0.15, 0.2) is 60.9 Å². The molecule has 3 heterocycles. The summed E-state index contributed by atoms with van der Waals surface area (Å²) >= 11 is 0. The third-order valence-corrected chi connectivity index (χ3v) is 4.02. The molecule has 0 bridgehead atoms. The van der Waals surface area contributed by atoms with Gasteiger partial charge in [-0.05, 0) is 30.3 Å². The Bertz CT molecular complexity index is 1110. The molecule has 6 nitrogen and oxygen atoms in total. The van der Waals surface area contributed by atoms with Crippen molar-refractivity contribution in [2.24, 2.45) is 0 Å². The number of benzene rings is 1. The first kappa shape index (κ1) is 15.9. The first-order valence-electron chi connectivity index (χ1n) is 7.86. The van der Waals surface area contributed by atoms with Crippen molar-refractivity contribution in [1.82, 2.24) is 19.7 Å². The van der Waals surface area contributed by atoms with E-state index < -0.39 is 11.8 Å².